The highest BCUT2D eigenvalue weighted by Crippen LogP contribution is 2.42. The Balaban J connectivity index is 2.98. The van der Waals surface area contributed by atoms with Crippen LogP contribution in [0.5, 0.6) is 0 Å². The predicted molar refractivity (Wildman–Crippen MR) is 67.3 cm³/mol. The third kappa shape index (κ3) is 2.40. The van der Waals surface area contributed by atoms with E-state index in [4.69, 9.17) is 9.79 Å². The fraction of sp³-hybridized carbons (Fsp3) is 0. The molecular formula is C10H10O6P2. The van der Waals surface area contributed by atoms with E-state index in [2.05, 4.69) is 0 Å². The van der Waals surface area contributed by atoms with E-state index in [1.54, 1.807) is 18.2 Å². The zero-order valence-corrected chi connectivity index (χ0v) is 10.8. The van der Waals surface area contributed by atoms with Crippen molar-refractivity contribution in [1.29, 1.82) is 0 Å². The largest absolute Gasteiger partial charge is 0.357 e. The van der Waals surface area contributed by atoms with Crippen molar-refractivity contribution in [3.63, 3.8) is 0 Å². The van der Waals surface area contributed by atoms with Gasteiger partial charge >= 0.3 is 15.2 Å². The maximum absolute atomic E-state index is 11.5. The molecule has 0 saturated carbocycles. The molecule has 8 heteroatoms. The molecule has 0 unspecified atom stereocenters. The molecule has 0 aliphatic heterocycles. The molecule has 0 radical (unpaired) electrons. The van der Waals surface area contributed by atoms with Gasteiger partial charge < -0.3 is 19.6 Å². The lowest BCUT2D eigenvalue weighted by Gasteiger charge is -2.14. The molecule has 0 aliphatic rings. The highest BCUT2D eigenvalue weighted by Gasteiger charge is 2.32. The summed E-state index contributed by atoms with van der Waals surface area (Å²) in [7, 11) is -9.54. The zero-order chi connectivity index (χ0) is 13.6. The van der Waals surface area contributed by atoms with Crippen molar-refractivity contribution in [3.05, 3.63) is 36.4 Å². The SMILES string of the molecule is O=P(O)(O)c1ccc2ccccc2c1P(=O)(O)O. The molecule has 0 spiro atoms. The fourth-order valence-electron chi connectivity index (χ4n) is 1.78. The second-order valence-electron chi connectivity index (χ2n) is 3.74. The summed E-state index contributed by atoms with van der Waals surface area (Å²) in [6.07, 6.45) is 0. The maximum atomic E-state index is 11.5. The van der Waals surface area contributed by atoms with Crippen LogP contribution in [0.1, 0.15) is 0 Å². The minimum absolute atomic E-state index is 0.145. The molecule has 0 aliphatic carbocycles. The third-order valence-corrected chi connectivity index (χ3v) is 4.73. The smallest absolute Gasteiger partial charge is 0.321 e. The summed E-state index contributed by atoms with van der Waals surface area (Å²) in [4.78, 5) is 36.9. The van der Waals surface area contributed by atoms with Crippen LogP contribution in [0.4, 0.5) is 0 Å². The average molecular weight is 288 g/mol. The van der Waals surface area contributed by atoms with Gasteiger partial charge in [0.25, 0.3) is 0 Å². The summed E-state index contributed by atoms with van der Waals surface area (Å²) in [5, 5.41) is -0.580. The number of rotatable bonds is 2. The Kier molecular flexibility index (Phi) is 3.19. The molecule has 4 N–H and O–H groups in total. The number of hydrogen-bond donors (Lipinski definition) is 4. The topological polar surface area (TPSA) is 115 Å². The molecule has 0 fully saturated rings. The van der Waals surface area contributed by atoms with Gasteiger partial charge in [-0.05, 0) is 16.8 Å². The van der Waals surface area contributed by atoms with Gasteiger partial charge in [-0.2, -0.15) is 0 Å². The second kappa shape index (κ2) is 4.28. The van der Waals surface area contributed by atoms with Gasteiger partial charge in [0.15, 0.2) is 0 Å². The van der Waals surface area contributed by atoms with Crippen LogP contribution in [-0.4, -0.2) is 19.6 Å². The van der Waals surface area contributed by atoms with Crippen molar-refractivity contribution in [3.8, 4) is 0 Å². The summed E-state index contributed by atoms with van der Waals surface area (Å²) in [6, 6.07) is 8.72. The molecule has 0 amide bonds. The van der Waals surface area contributed by atoms with Crippen LogP contribution in [0.2, 0.25) is 0 Å². The molecule has 0 heterocycles. The Morgan fingerprint density at radius 1 is 0.778 bits per heavy atom. The Bertz CT molecular complexity index is 699. The van der Waals surface area contributed by atoms with Crippen molar-refractivity contribution in [2.24, 2.45) is 0 Å². The molecule has 2 rings (SSSR count). The van der Waals surface area contributed by atoms with E-state index in [1.165, 1.54) is 12.1 Å². The predicted octanol–water partition coefficient (Wildman–Crippen LogP) is 0.446. The lowest BCUT2D eigenvalue weighted by atomic mass is 10.1. The number of hydrogen-bond acceptors (Lipinski definition) is 2. The van der Waals surface area contributed by atoms with E-state index < -0.39 is 25.8 Å². The Morgan fingerprint density at radius 2 is 1.39 bits per heavy atom. The molecule has 96 valence electrons. The molecule has 2 aromatic rings. The van der Waals surface area contributed by atoms with Crippen LogP contribution >= 0.6 is 15.2 Å². The Labute approximate surface area is 102 Å². The van der Waals surface area contributed by atoms with E-state index in [1.807, 2.05) is 0 Å². The summed E-state index contributed by atoms with van der Waals surface area (Å²) in [5.41, 5.74) is 0. The van der Waals surface area contributed by atoms with Gasteiger partial charge in [-0.15, -0.1) is 0 Å². The quantitative estimate of drug-likeness (QED) is 0.596. The highest BCUT2D eigenvalue weighted by atomic mass is 31.2. The van der Waals surface area contributed by atoms with Gasteiger partial charge in [-0.3, -0.25) is 9.13 Å². The molecule has 0 saturated heterocycles. The molecule has 18 heavy (non-hydrogen) atoms. The van der Waals surface area contributed by atoms with E-state index in [9.17, 15) is 18.9 Å². The first kappa shape index (κ1) is 13.4. The van der Waals surface area contributed by atoms with Gasteiger partial charge in [0.05, 0.1) is 10.6 Å². The van der Waals surface area contributed by atoms with Crippen molar-refractivity contribution >= 4 is 36.6 Å². The monoisotopic (exact) mass is 288 g/mol. The van der Waals surface area contributed by atoms with Crippen molar-refractivity contribution < 1.29 is 28.7 Å². The summed E-state index contributed by atoms with van der Waals surface area (Å²) in [5.74, 6) is 0. The zero-order valence-electron chi connectivity index (χ0n) is 8.96. The standard InChI is InChI=1S/C10H10O6P2/c11-17(12,13)9-6-5-7-3-1-2-4-8(7)10(9)18(14,15)16/h1-6H,(H2,11,12,13)(H2,14,15,16). The van der Waals surface area contributed by atoms with Gasteiger partial charge in [0, 0.05) is 0 Å². The summed E-state index contributed by atoms with van der Waals surface area (Å²) < 4.78 is 22.8. The third-order valence-electron chi connectivity index (χ3n) is 2.48. The first-order chi connectivity index (χ1) is 8.21. The minimum atomic E-state index is -4.79. The van der Waals surface area contributed by atoms with Crippen molar-refractivity contribution in [2.45, 2.75) is 0 Å². The highest BCUT2D eigenvalue weighted by molar-refractivity contribution is 7.67. The molecule has 2 aromatic carbocycles. The van der Waals surface area contributed by atoms with Crippen LogP contribution in [-0.2, 0) is 9.13 Å². The fourth-order valence-corrected chi connectivity index (χ4v) is 4.12. The normalized spacial score (nSPS) is 12.9. The molecular weight excluding hydrogens is 278 g/mol. The summed E-state index contributed by atoms with van der Waals surface area (Å²) >= 11 is 0. The first-order valence-electron chi connectivity index (χ1n) is 4.85. The molecule has 0 atom stereocenters. The van der Waals surface area contributed by atoms with Crippen LogP contribution in [0, 0.1) is 0 Å². The van der Waals surface area contributed by atoms with Gasteiger partial charge in [0.2, 0.25) is 0 Å². The van der Waals surface area contributed by atoms with E-state index in [-0.39, 0.29) is 5.39 Å². The second-order valence-corrected chi connectivity index (χ2v) is 6.85. The number of benzene rings is 2. The minimum Gasteiger partial charge on any atom is -0.321 e. The van der Waals surface area contributed by atoms with E-state index in [0.717, 1.165) is 6.07 Å². The lowest BCUT2D eigenvalue weighted by molar-refractivity contribution is 0.381. The van der Waals surface area contributed by atoms with Crippen LogP contribution < -0.4 is 10.6 Å². The van der Waals surface area contributed by atoms with Gasteiger partial charge in [0.1, 0.15) is 0 Å². The summed E-state index contributed by atoms with van der Waals surface area (Å²) in [6.45, 7) is 0. The van der Waals surface area contributed by atoms with Crippen LogP contribution in [0.3, 0.4) is 0 Å². The van der Waals surface area contributed by atoms with E-state index in [0.29, 0.717) is 5.39 Å². The average Bonchev–Trinajstić information content (AvgIpc) is 2.24. The van der Waals surface area contributed by atoms with Crippen molar-refractivity contribution in [1.82, 2.24) is 0 Å². The molecule has 6 nitrogen and oxygen atoms in total. The van der Waals surface area contributed by atoms with Crippen molar-refractivity contribution in [2.75, 3.05) is 0 Å². The lowest BCUT2D eigenvalue weighted by Crippen LogP contribution is -2.25. The van der Waals surface area contributed by atoms with E-state index >= 15 is 0 Å². The maximum Gasteiger partial charge on any atom is 0.357 e. The van der Waals surface area contributed by atoms with Gasteiger partial charge in [-0.1, -0.05) is 30.3 Å². The Hall–Kier alpha value is -1.00. The molecule has 0 bridgehead atoms. The number of fused-ring (bicyclic) bond motifs is 1. The van der Waals surface area contributed by atoms with Gasteiger partial charge in [-0.25, -0.2) is 0 Å². The molecule has 0 aromatic heterocycles. The Morgan fingerprint density at radius 3 is 1.94 bits per heavy atom. The van der Waals surface area contributed by atoms with Crippen LogP contribution in [0.25, 0.3) is 10.8 Å². The van der Waals surface area contributed by atoms with Crippen LogP contribution in [0.15, 0.2) is 36.4 Å². The first-order valence-corrected chi connectivity index (χ1v) is 8.08.